The van der Waals surface area contributed by atoms with E-state index in [-0.39, 0.29) is 24.0 Å². The van der Waals surface area contributed by atoms with E-state index < -0.39 is 7.26 Å². The van der Waals surface area contributed by atoms with E-state index in [0.717, 1.165) is 35.7 Å². The molecule has 0 N–H and O–H groups in total. The summed E-state index contributed by atoms with van der Waals surface area (Å²) >= 11 is 0. The van der Waals surface area contributed by atoms with Crippen molar-refractivity contribution in [2.75, 3.05) is 13.3 Å². The van der Waals surface area contributed by atoms with E-state index in [9.17, 15) is 0 Å². The second-order valence-corrected chi connectivity index (χ2v) is 13.1. The van der Waals surface area contributed by atoms with Crippen molar-refractivity contribution in [3.05, 3.63) is 139 Å². The van der Waals surface area contributed by atoms with E-state index in [4.69, 9.17) is 9.47 Å². The van der Waals surface area contributed by atoms with Crippen molar-refractivity contribution in [2.24, 2.45) is 0 Å². The lowest BCUT2D eigenvalue weighted by atomic mass is 10.0. The Balaban J connectivity index is 0.00000294. The molecule has 0 aromatic heterocycles. The molecule has 0 saturated heterocycles. The van der Waals surface area contributed by atoms with Gasteiger partial charge >= 0.3 is 0 Å². The normalized spacial score (nSPS) is 12.2. The van der Waals surface area contributed by atoms with E-state index in [1.807, 2.05) is 6.07 Å². The van der Waals surface area contributed by atoms with Crippen LogP contribution in [0.15, 0.2) is 127 Å². The summed E-state index contributed by atoms with van der Waals surface area (Å²) in [6, 6.07) is 45.5. The van der Waals surface area contributed by atoms with Crippen LogP contribution in [0.2, 0.25) is 0 Å². The molecule has 0 amide bonds. The standard InChI is InChI=1S/C34H30O2P.HI/c1-37(28-15-7-3-8-16-28,29-17-9-4-10-18-29)34-20-12-11-19-30(34)31-24-32-27(21-22-35-32)23-33(31)36-25-26-13-5-2-6-14-26;/h2-20,23-24H,21-22,25H2,1H3;1H/q+1;/p-1. The minimum absolute atomic E-state index is 0. The molecule has 5 aromatic carbocycles. The van der Waals surface area contributed by atoms with Crippen LogP contribution in [-0.2, 0) is 13.0 Å². The van der Waals surface area contributed by atoms with Crippen molar-refractivity contribution >= 4 is 23.2 Å². The number of rotatable bonds is 7. The van der Waals surface area contributed by atoms with E-state index in [1.54, 1.807) is 0 Å². The zero-order valence-corrected chi connectivity index (χ0v) is 24.4. The molecule has 2 nitrogen and oxygen atoms in total. The summed E-state index contributed by atoms with van der Waals surface area (Å²) in [5, 5.41) is 4.06. The van der Waals surface area contributed by atoms with Gasteiger partial charge in [0.15, 0.2) is 0 Å². The first-order chi connectivity index (χ1) is 18.2. The highest BCUT2D eigenvalue weighted by Crippen LogP contribution is 2.54. The number of hydrogen-bond acceptors (Lipinski definition) is 2. The van der Waals surface area contributed by atoms with Gasteiger partial charge in [-0.3, -0.25) is 0 Å². The second kappa shape index (κ2) is 11.7. The molecule has 0 bridgehead atoms. The van der Waals surface area contributed by atoms with E-state index in [0.29, 0.717) is 6.61 Å². The predicted molar refractivity (Wildman–Crippen MR) is 156 cm³/mol. The number of fused-ring (bicyclic) bond motifs is 1. The van der Waals surface area contributed by atoms with Crippen LogP contribution >= 0.6 is 7.26 Å². The van der Waals surface area contributed by atoms with E-state index >= 15 is 0 Å². The predicted octanol–water partition coefficient (Wildman–Crippen LogP) is 3.80. The summed E-state index contributed by atoms with van der Waals surface area (Å²) in [5.41, 5.74) is 4.66. The molecule has 6 rings (SSSR count). The number of benzene rings is 5. The van der Waals surface area contributed by atoms with Gasteiger partial charge in [-0.1, -0.05) is 84.9 Å². The Hall–Kier alpha value is -3.14. The van der Waals surface area contributed by atoms with Gasteiger partial charge in [0, 0.05) is 23.1 Å². The molecule has 190 valence electrons. The quantitative estimate of drug-likeness (QED) is 0.202. The number of ether oxygens (including phenoxy) is 2. The average Bonchev–Trinajstić information content (AvgIpc) is 3.44. The van der Waals surface area contributed by atoms with Gasteiger partial charge in [-0.2, -0.15) is 0 Å². The van der Waals surface area contributed by atoms with Gasteiger partial charge < -0.3 is 33.5 Å². The van der Waals surface area contributed by atoms with Crippen LogP contribution in [0, 0.1) is 0 Å². The van der Waals surface area contributed by atoms with Gasteiger partial charge in [-0.25, -0.2) is 0 Å². The van der Waals surface area contributed by atoms with E-state index in [1.165, 1.54) is 27.0 Å². The average molecular weight is 628 g/mol. The topological polar surface area (TPSA) is 18.5 Å². The monoisotopic (exact) mass is 628 g/mol. The largest absolute Gasteiger partial charge is 1.00 e. The summed E-state index contributed by atoms with van der Waals surface area (Å²) < 4.78 is 12.6. The van der Waals surface area contributed by atoms with Crippen LogP contribution in [0.3, 0.4) is 0 Å². The summed E-state index contributed by atoms with van der Waals surface area (Å²) in [6.45, 7) is 3.68. The van der Waals surface area contributed by atoms with E-state index in [2.05, 4.69) is 128 Å². The van der Waals surface area contributed by atoms with Crippen molar-refractivity contribution in [1.29, 1.82) is 0 Å². The Bertz CT molecular complexity index is 1460. The highest BCUT2D eigenvalue weighted by atomic mass is 127. The Morgan fingerprint density at radius 1 is 0.684 bits per heavy atom. The second-order valence-electron chi connectivity index (χ2n) is 9.52. The smallest absolute Gasteiger partial charge is 0.128 e. The fourth-order valence-corrected chi connectivity index (χ4v) is 8.69. The van der Waals surface area contributed by atoms with Crippen molar-refractivity contribution in [2.45, 2.75) is 13.0 Å². The molecule has 0 aliphatic carbocycles. The molecule has 0 atom stereocenters. The third-order valence-electron chi connectivity index (χ3n) is 7.25. The van der Waals surface area contributed by atoms with Crippen molar-refractivity contribution < 1.29 is 33.5 Å². The molecular weight excluding hydrogens is 598 g/mol. The van der Waals surface area contributed by atoms with Crippen LogP contribution in [0.4, 0.5) is 0 Å². The van der Waals surface area contributed by atoms with Gasteiger partial charge in [-0.15, -0.1) is 0 Å². The maximum atomic E-state index is 6.54. The van der Waals surface area contributed by atoms with Crippen molar-refractivity contribution in [3.8, 4) is 22.6 Å². The third kappa shape index (κ3) is 5.10. The van der Waals surface area contributed by atoms with Crippen LogP contribution in [0.1, 0.15) is 11.1 Å². The van der Waals surface area contributed by atoms with Crippen LogP contribution in [-0.4, -0.2) is 13.3 Å². The molecule has 1 aliphatic heterocycles. The number of hydrogen-bond donors (Lipinski definition) is 0. The highest BCUT2D eigenvalue weighted by molar-refractivity contribution is 7.95. The lowest BCUT2D eigenvalue weighted by molar-refractivity contribution is -0.00000794. The molecule has 1 aliphatic rings. The first-order valence-electron chi connectivity index (χ1n) is 12.8. The van der Waals surface area contributed by atoms with Gasteiger partial charge in [0.25, 0.3) is 0 Å². The summed E-state index contributed by atoms with van der Waals surface area (Å²) in [4.78, 5) is 0. The molecule has 0 spiro atoms. The molecule has 5 aromatic rings. The maximum Gasteiger partial charge on any atom is 0.128 e. The molecular formula is C34H30IO2P. The Morgan fingerprint density at radius 3 is 1.92 bits per heavy atom. The number of halogens is 1. The fourth-order valence-electron chi connectivity index (χ4n) is 5.24. The molecule has 4 heteroatoms. The van der Waals surface area contributed by atoms with Crippen molar-refractivity contribution in [3.63, 3.8) is 0 Å². The van der Waals surface area contributed by atoms with Gasteiger partial charge in [0.2, 0.25) is 0 Å². The fraction of sp³-hybridized carbons (Fsp3) is 0.118. The first-order valence-corrected chi connectivity index (χ1v) is 15.0. The van der Waals surface area contributed by atoms with Crippen LogP contribution in [0.5, 0.6) is 11.5 Å². The Labute approximate surface area is 243 Å². The maximum absolute atomic E-state index is 6.54. The van der Waals surface area contributed by atoms with Gasteiger partial charge in [0.1, 0.15) is 41.3 Å². The lowest BCUT2D eigenvalue weighted by Gasteiger charge is -2.26. The SMILES string of the molecule is C[P+](c1ccccc1)(c1ccccc1)c1ccccc1-c1cc2c(cc1OCc1ccccc1)CCO2.[I-]. The summed E-state index contributed by atoms with van der Waals surface area (Å²) in [7, 11) is -1.94. The van der Waals surface area contributed by atoms with Crippen LogP contribution in [0.25, 0.3) is 11.1 Å². The zero-order valence-electron chi connectivity index (χ0n) is 21.4. The molecule has 0 unspecified atom stereocenters. The molecule has 0 radical (unpaired) electrons. The van der Waals surface area contributed by atoms with Crippen molar-refractivity contribution in [1.82, 2.24) is 0 Å². The third-order valence-corrected chi connectivity index (χ3v) is 11.3. The first kappa shape index (κ1) is 26.5. The lowest BCUT2D eigenvalue weighted by Crippen LogP contribution is -3.00. The minimum Gasteiger partial charge on any atom is -1.00 e. The molecule has 0 saturated carbocycles. The molecule has 0 fully saturated rings. The van der Waals surface area contributed by atoms with Gasteiger partial charge in [-0.05, 0) is 48.0 Å². The molecule has 1 heterocycles. The van der Waals surface area contributed by atoms with Gasteiger partial charge in [0.05, 0.1) is 13.3 Å². The molecule has 38 heavy (non-hydrogen) atoms. The summed E-state index contributed by atoms with van der Waals surface area (Å²) in [5.74, 6) is 1.88. The minimum atomic E-state index is -1.94. The Morgan fingerprint density at radius 2 is 1.26 bits per heavy atom. The van der Waals surface area contributed by atoms with Crippen LogP contribution < -0.4 is 49.4 Å². The zero-order chi connectivity index (χ0) is 25.1. The Kier molecular flexibility index (Phi) is 8.16. The highest BCUT2D eigenvalue weighted by Gasteiger charge is 2.42. The summed E-state index contributed by atoms with van der Waals surface area (Å²) in [6.07, 6.45) is 0.914.